The number of carboxylic acid groups (broad SMARTS) is 6. The first-order chi connectivity index (χ1) is 37.2. The van der Waals surface area contributed by atoms with Gasteiger partial charge >= 0.3 is 41.8 Å². The fourth-order valence-electron chi connectivity index (χ4n) is 9.91. The van der Waals surface area contributed by atoms with Crippen molar-refractivity contribution < 1.29 is 78.6 Å². The van der Waals surface area contributed by atoms with Crippen LogP contribution in [0.2, 0.25) is 0 Å². The summed E-state index contributed by atoms with van der Waals surface area (Å²) in [4.78, 5) is 131. The van der Waals surface area contributed by atoms with Crippen LogP contribution in [0, 0.1) is 11.8 Å². The van der Waals surface area contributed by atoms with E-state index in [1.54, 1.807) is 14.7 Å². The summed E-state index contributed by atoms with van der Waals surface area (Å²) in [6, 6.07) is 12.5. The number of rotatable bonds is 27. The highest BCUT2D eigenvalue weighted by Crippen LogP contribution is 2.31. The van der Waals surface area contributed by atoms with Crippen molar-refractivity contribution in [1.29, 1.82) is 0 Å². The molecule has 426 valence electrons. The highest BCUT2D eigenvalue weighted by Gasteiger charge is 2.32. The molecule has 5 amide bonds. The summed E-state index contributed by atoms with van der Waals surface area (Å²) in [7, 11) is 0. The minimum atomic E-state index is -1.56. The van der Waals surface area contributed by atoms with Gasteiger partial charge in [0.2, 0.25) is 17.7 Å². The van der Waals surface area contributed by atoms with Crippen molar-refractivity contribution in [3.63, 3.8) is 0 Å². The molecule has 0 aromatic heterocycles. The molecule has 2 aliphatic rings. The van der Waals surface area contributed by atoms with Gasteiger partial charge in [0.05, 0.1) is 26.2 Å². The molecule has 78 heavy (non-hydrogen) atoms. The van der Waals surface area contributed by atoms with Crippen LogP contribution in [0.5, 0.6) is 0 Å². The fraction of sp³-hybridized carbons (Fsp3) is 0.547. The van der Waals surface area contributed by atoms with Gasteiger partial charge in [0.15, 0.2) is 0 Å². The molecular formula is C53H73N9O16. The second-order valence-electron chi connectivity index (χ2n) is 20.0. The van der Waals surface area contributed by atoms with E-state index in [0.717, 1.165) is 27.1 Å². The summed E-state index contributed by atoms with van der Waals surface area (Å²) in [5.74, 6) is -8.72. The Balaban J connectivity index is 1.18. The van der Waals surface area contributed by atoms with E-state index in [0.29, 0.717) is 45.3 Å². The van der Waals surface area contributed by atoms with Gasteiger partial charge in [-0.15, -0.1) is 0 Å². The summed E-state index contributed by atoms with van der Waals surface area (Å²) >= 11 is 0. The molecule has 1 heterocycles. The molecule has 3 atom stereocenters. The first kappa shape index (κ1) is 61.4. The van der Waals surface area contributed by atoms with Gasteiger partial charge in [-0.1, -0.05) is 48.5 Å². The SMILES string of the molecule is O=C(O)CC[C@H](NC(=O)N[C@@H](CCCCNC(=O)[C@H](Cc1c2ccccc2cc2ccccc12)NC(=O)C1CCC(CNC(=O)CN2CCN(CC(=O)O)CCN(CC(=O)O)CCN(CC(=O)O)CC2)CC1)C(=O)O)C(=O)O. The number of carbonyl (C=O) groups is 10. The molecule has 0 spiro atoms. The number of urea groups is 1. The van der Waals surface area contributed by atoms with Crippen LogP contribution in [0.4, 0.5) is 4.79 Å². The maximum atomic E-state index is 14.2. The number of unbranched alkanes of at least 4 members (excludes halogenated alkanes) is 1. The predicted molar refractivity (Wildman–Crippen MR) is 282 cm³/mol. The van der Waals surface area contributed by atoms with Gasteiger partial charge in [-0.2, -0.15) is 0 Å². The van der Waals surface area contributed by atoms with E-state index in [1.807, 2.05) is 53.4 Å². The Hall–Kier alpha value is -7.48. The molecule has 1 aliphatic carbocycles. The highest BCUT2D eigenvalue weighted by molar-refractivity contribution is 6.03. The molecule has 1 saturated carbocycles. The van der Waals surface area contributed by atoms with Crippen molar-refractivity contribution in [3.8, 4) is 0 Å². The number of amides is 5. The molecule has 11 N–H and O–H groups in total. The van der Waals surface area contributed by atoms with Gasteiger partial charge < -0.3 is 57.2 Å². The summed E-state index contributed by atoms with van der Waals surface area (Å²) < 4.78 is 0. The lowest BCUT2D eigenvalue weighted by Crippen LogP contribution is -2.51. The average molecular weight is 1090 g/mol. The summed E-state index contributed by atoms with van der Waals surface area (Å²) in [6.07, 6.45) is 1.80. The van der Waals surface area contributed by atoms with E-state index in [2.05, 4.69) is 32.7 Å². The van der Waals surface area contributed by atoms with Crippen molar-refractivity contribution in [3.05, 3.63) is 60.2 Å². The number of nitrogens with zero attached hydrogens (tertiary/aromatic N) is 4. The van der Waals surface area contributed by atoms with Gasteiger partial charge in [-0.25, -0.2) is 14.4 Å². The molecule has 2 fully saturated rings. The molecule has 25 nitrogen and oxygen atoms in total. The maximum Gasteiger partial charge on any atom is 0.326 e. The monoisotopic (exact) mass is 1090 g/mol. The Morgan fingerprint density at radius 1 is 0.513 bits per heavy atom. The topological polar surface area (TPSA) is 365 Å². The predicted octanol–water partition coefficient (Wildman–Crippen LogP) is 0.775. The number of aliphatic carboxylic acids is 6. The molecule has 5 rings (SSSR count). The number of carbonyl (C=O) groups excluding carboxylic acids is 4. The lowest BCUT2D eigenvalue weighted by atomic mass is 9.81. The average Bonchev–Trinajstić information content (AvgIpc) is 3.41. The molecule has 0 bridgehead atoms. The van der Waals surface area contributed by atoms with Crippen LogP contribution >= 0.6 is 0 Å². The minimum Gasteiger partial charge on any atom is -0.481 e. The Bertz CT molecular complexity index is 2510. The van der Waals surface area contributed by atoms with Crippen LogP contribution in [0.25, 0.3) is 21.5 Å². The zero-order valence-corrected chi connectivity index (χ0v) is 43.6. The second-order valence-corrected chi connectivity index (χ2v) is 20.0. The fourth-order valence-corrected chi connectivity index (χ4v) is 9.91. The summed E-state index contributed by atoms with van der Waals surface area (Å²) in [5, 5.41) is 73.6. The molecule has 0 unspecified atom stereocenters. The quantitative estimate of drug-likeness (QED) is 0.0371. The number of carboxylic acids is 6. The summed E-state index contributed by atoms with van der Waals surface area (Å²) in [6.45, 7) is 1.66. The van der Waals surface area contributed by atoms with Crippen molar-refractivity contribution in [1.82, 2.24) is 46.2 Å². The largest absolute Gasteiger partial charge is 0.481 e. The molecule has 25 heteroatoms. The lowest BCUT2D eigenvalue weighted by molar-refractivity contribution is -0.141. The van der Waals surface area contributed by atoms with E-state index in [4.69, 9.17) is 5.11 Å². The van der Waals surface area contributed by atoms with E-state index in [9.17, 15) is 73.5 Å². The minimum absolute atomic E-state index is 0.0334. The Morgan fingerprint density at radius 2 is 0.974 bits per heavy atom. The molecular weight excluding hydrogens is 1020 g/mol. The van der Waals surface area contributed by atoms with E-state index >= 15 is 0 Å². The Morgan fingerprint density at radius 3 is 1.44 bits per heavy atom. The Labute approximate surface area is 450 Å². The number of fused-ring (bicyclic) bond motifs is 2. The molecule has 3 aromatic carbocycles. The third-order valence-electron chi connectivity index (χ3n) is 14.2. The van der Waals surface area contributed by atoms with Gasteiger partial charge in [-0.05, 0) is 90.5 Å². The Kier molecular flexibility index (Phi) is 24.4. The van der Waals surface area contributed by atoms with Crippen molar-refractivity contribution in [2.75, 3.05) is 91.6 Å². The molecule has 3 aromatic rings. The normalized spacial score (nSPS) is 18.5. The maximum absolute atomic E-state index is 14.2. The number of benzene rings is 3. The third kappa shape index (κ3) is 20.8. The zero-order valence-electron chi connectivity index (χ0n) is 43.6. The highest BCUT2D eigenvalue weighted by atomic mass is 16.4. The van der Waals surface area contributed by atoms with Crippen LogP contribution in [0.1, 0.15) is 63.4 Å². The van der Waals surface area contributed by atoms with Crippen molar-refractivity contribution in [2.24, 2.45) is 11.8 Å². The van der Waals surface area contributed by atoms with E-state index < -0.39 is 84.6 Å². The van der Waals surface area contributed by atoms with Gasteiger partial charge in [0.25, 0.3) is 0 Å². The smallest absolute Gasteiger partial charge is 0.326 e. The third-order valence-corrected chi connectivity index (χ3v) is 14.2. The first-order valence-electron chi connectivity index (χ1n) is 26.3. The standard InChI is InChI=1S/C53H73N9O16/c63-44(30-59-19-21-60(31-46(66)67)23-25-62(33-48(70)71)26-24-61(22-20-59)32-47(68)69)55-29-34-12-14-35(15-13-34)49(72)56-43(28-40-38-9-3-1-7-36(38)27-37-8-2-4-10-39(37)40)50(73)54-18-6-5-11-41(51(74)75)57-53(78)58-42(52(76)77)16-17-45(64)65/h1-4,7-10,27,34-35,41-43H,5-6,11-26,28-33H2,(H,54,73)(H,55,63)(H,56,72)(H,64,65)(H,66,67)(H,68,69)(H,70,71)(H,74,75)(H,76,77)(H2,57,58,78)/t34?,35?,41-,42-,43-/m0/s1. The number of hydrogen-bond donors (Lipinski definition) is 11. The van der Waals surface area contributed by atoms with Crippen LogP contribution in [-0.2, 0) is 49.6 Å². The van der Waals surface area contributed by atoms with Gasteiger partial charge in [0.1, 0.15) is 18.1 Å². The van der Waals surface area contributed by atoms with Gasteiger partial charge in [-0.3, -0.25) is 53.2 Å². The van der Waals surface area contributed by atoms with E-state index in [-0.39, 0.29) is 115 Å². The van der Waals surface area contributed by atoms with Gasteiger partial charge in [0, 0.05) is 84.2 Å². The van der Waals surface area contributed by atoms with Crippen molar-refractivity contribution in [2.45, 2.75) is 82.3 Å². The molecule has 1 aliphatic heterocycles. The van der Waals surface area contributed by atoms with Crippen LogP contribution < -0.4 is 26.6 Å². The molecule has 0 radical (unpaired) electrons. The van der Waals surface area contributed by atoms with Crippen LogP contribution in [0.15, 0.2) is 54.6 Å². The second kappa shape index (κ2) is 31.1. The van der Waals surface area contributed by atoms with E-state index in [1.165, 1.54) is 0 Å². The summed E-state index contributed by atoms with van der Waals surface area (Å²) in [5.41, 5.74) is 0.859. The lowest BCUT2D eigenvalue weighted by Gasteiger charge is -2.33. The first-order valence-corrected chi connectivity index (χ1v) is 26.3. The van der Waals surface area contributed by atoms with Crippen molar-refractivity contribution >= 4 is 81.1 Å². The van der Waals surface area contributed by atoms with Crippen LogP contribution in [0.3, 0.4) is 0 Å². The number of nitrogens with one attached hydrogen (secondary N) is 5. The molecule has 1 saturated heterocycles. The zero-order chi connectivity index (χ0) is 56.7. The van der Waals surface area contributed by atoms with Crippen LogP contribution in [-0.4, -0.2) is 220 Å². The number of hydrogen-bond acceptors (Lipinski definition) is 14.